The maximum atomic E-state index is 13.3. The molecule has 186 valence electrons. The lowest BCUT2D eigenvalue weighted by molar-refractivity contribution is -0.169. The molecule has 0 spiro atoms. The molecule has 6 heteroatoms. The summed E-state index contributed by atoms with van der Waals surface area (Å²) in [5.74, 6) is -1.11. The molecule has 0 amide bonds. The van der Waals surface area contributed by atoms with E-state index < -0.39 is 37.0 Å². The van der Waals surface area contributed by atoms with Crippen LogP contribution in [0.5, 0.6) is 0 Å². The highest BCUT2D eigenvalue weighted by atomic mass is 28.4. The summed E-state index contributed by atoms with van der Waals surface area (Å²) >= 11 is 0. The van der Waals surface area contributed by atoms with Gasteiger partial charge in [-0.15, -0.1) is 0 Å². The Kier molecular flexibility index (Phi) is 7.23. The Balaban J connectivity index is 2.27. The van der Waals surface area contributed by atoms with Gasteiger partial charge in [-0.25, -0.2) is 0 Å². The molecule has 5 nitrogen and oxygen atoms in total. The standard InChI is InChI=1S/C28H40O5Si/c1-18(2)34(19(3)4,20(5)6)33-23-17-22(21-13-11-10-12-14-21)27(7)15-16-28(24(23)27,25(29)31-8)26(30)32-9/h10-20,22,24H,1-9H3/t22?,24-,27+/m0/s1. The summed E-state index contributed by atoms with van der Waals surface area (Å²) in [7, 11) is 0.270. The first-order valence-corrected chi connectivity index (χ1v) is 14.4. The van der Waals surface area contributed by atoms with Crippen LogP contribution in [0.25, 0.3) is 0 Å². The molecule has 2 aliphatic rings. The van der Waals surface area contributed by atoms with E-state index in [0.717, 1.165) is 11.3 Å². The number of esters is 2. The van der Waals surface area contributed by atoms with Crippen LogP contribution in [-0.4, -0.2) is 34.5 Å². The zero-order chi connectivity index (χ0) is 25.5. The molecular weight excluding hydrogens is 444 g/mol. The maximum absolute atomic E-state index is 13.3. The van der Waals surface area contributed by atoms with E-state index in [9.17, 15) is 9.59 Å². The van der Waals surface area contributed by atoms with Crippen molar-refractivity contribution in [3.05, 3.63) is 59.9 Å². The largest absolute Gasteiger partial charge is 0.546 e. The van der Waals surface area contributed by atoms with E-state index in [0.29, 0.717) is 16.6 Å². The Bertz CT molecular complexity index is 940. The van der Waals surface area contributed by atoms with Crippen molar-refractivity contribution in [3.63, 3.8) is 0 Å². The first kappa shape index (κ1) is 26.3. The minimum absolute atomic E-state index is 0.0562. The van der Waals surface area contributed by atoms with Crippen molar-refractivity contribution in [2.45, 2.75) is 71.0 Å². The number of allylic oxidation sites excluding steroid dienone is 3. The summed E-state index contributed by atoms with van der Waals surface area (Å²) in [5, 5.41) is 0. The van der Waals surface area contributed by atoms with E-state index in [2.05, 4.69) is 66.7 Å². The molecule has 0 aliphatic heterocycles. The highest BCUT2D eigenvalue weighted by molar-refractivity contribution is 6.77. The second-order valence-corrected chi connectivity index (χ2v) is 16.2. The SMILES string of the molecule is COC(=O)C1(C(=O)OC)C=C[C@]2(C)C(c3ccccc3)C=C(O[Si](C(C)C)(C(C)C)C(C)C)[C@H]12. The average Bonchev–Trinajstić information content (AvgIpc) is 3.27. The van der Waals surface area contributed by atoms with Gasteiger partial charge in [0.05, 0.1) is 25.9 Å². The van der Waals surface area contributed by atoms with Gasteiger partial charge in [0, 0.05) is 11.3 Å². The van der Waals surface area contributed by atoms with Crippen LogP contribution >= 0.6 is 0 Å². The predicted molar refractivity (Wildman–Crippen MR) is 137 cm³/mol. The summed E-state index contributed by atoms with van der Waals surface area (Å²) in [6, 6.07) is 10.2. The number of carbonyl (C=O) groups is 2. The van der Waals surface area contributed by atoms with Crippen LogP contribution in [0.15, 0.2) is 54.3 Å². The van der Waals surface area contributed by atoms with Crippen LogP contribution in [0.1, 0.15) is 59.9 Å². The van der Waals surface area contributed by atoms with Crippen molar-refractivity contribution in [1.82, 2.24) is 0 Å². The quantitative estimate of drug-likeness (QED) is 0.185. The Morgan fingerprint density at radius 1 is 0.853 bits per heavy atom. The third-order valence-electron chi connectivity index (χ3n) is 8.28. The maximum Gasteiger partial charge on any atom is 0.327 e. The van der Waals surface area contributed by atoms with E-state index in [-0.39, 0.29) is 5.92 Å². The van der Waals surface area contributed by atoms with Crippen LogP contribution in [0.4, 0.5) is 0 Å². The minimum atomic E-state index is -2.37. The molecule has 3 rings (SSSR count). The highest BCUT2D eigenvalue weighted by Crippen LogP contribution is 2.65. The van der Waals surface area contributed by atoms with Crippen LogP contribution in [0.2, 0.25) is 16.6 Å². The fraction of sp³-hybridized carbons (Fsp3) is 0.571. The number of carbonyl (C=O) groups excluding carboxylic acids is 2. The first-order chi connectivity index (χ1) is 15.9. The van der Waals surface area contributed by atoms with Crippen molar-refractivity contribution in [2.24, 2.45) is 16.7 Å². The fourth-order valence-electron chi connectivity index (χ4n) is 6.81. The predicted octanol–water partition coefficient (Wildman–Crippen LogP) is 6.38. The molecule has 0 heterocycles. The molecule has 1 aromatic rings. The summed E-state index contributed by atoms with van der Waals surface area (Å²) in [6.45, 7) is 15.5. The fourth-order valence-corrected chi connectivity index (χ4v) is 12.1. The third kappa shape index (κ3) is 3.65. The number of hydrogen-bond donors (Lipinski definition) is 0. The van der Waals surface area contributed by atoms with Crippen molar-refractivity contribution in [1.29, 1.82) is 0 Å². The van der Waals surface area contributed by atoms with Gasteiger partial charge in [0.1, 0.15) is 0 Å². The van der Waals surface area contributed by atoms with E-state index in [1.165, 1.54) is 14.2 Å². The third-order valence-corrected chi connectivity index (χ3v) is 14.3. The number of fused-ring (bicyclic) bond motifs is 1. The van der Waals surface area contributed by atoms with Gasteiger partial charge in [-0.1, -0.05) is 91.0 Å². The number of ether oxygens (including phenoxy) is 2. The summed E-state index contributed by atoms with van der Waals surface area (Å²) in [4.78, 5) is 26.7. The van der Waals surface area contributed by atoms with Gasteiger partial charge in [0.15, 0.2) is 5.41 Å². The van der Waals surface area contributed by atoms with Crippen LogP contribution < -0.4 is 0 Å². The van der Waals surface area contributed by atoms with Crippen LogP contribution in [0, 0.1) is 16.7 Å². The van der Waals surface area contributed by atoms with Crippen molar-refractivity contribution in [2.75, 3.05) is 14.2 Å². The van der Waals surface area contributed by atoms with E-state index in [1.807, 2.05) is 24.3 Å². The number of hydrogen-bond acceptors (Lipinski definition) is 5. The van der Waals surface area contributed by atoms with E-state index in [1.54, 1.807) is 6.08 Å². The van der Waals surface area contributed by atoms with Gasteiger partial charge >= 0.3 is 11.9 Å². The molecule has 0 saturated carbocycles. The molecule has 1 aromatic carbocycles. The molecule has 0 fully saturated rings. The smallest absolute Gasteiger partial charge is 0.327 e. The van der Waals surface area contributed by atoms with Gasteiger partial charge < -0.3 is 13.9 Å². The lowest BCUT2D eigenvalue weighted by Crippen LogP contribution is -2.52. The lowest BCUT2D eigenvalue weighted by Gasteiger charge is -2.45. The van der Waals surface area contributed by atoms with Crippen molar-refractivity contribution in [3.8, 4) is 0 Å². The van der Waals surface area contributed by atoms with Gasteiger partial charge in [-0.3, -0.25) is 9.59 Å². The molecule has 0 radical (unpaired) electrons. The molecule has 0 N–H and O–H groups in total. The second-order valence-electron chi connectivity index (χ2n) is 10.9. The topological polar surface area (TPSA) is 61.8 Å². The van der Waals surface area contributed by atoms with Gasteiger partial charge in [-0.05, 0) is 28.3 Å². The highest BCUT2D eigenvalue weighted by Gasteiger charge is 2.68. The molecule has 0 aromatic heterocycles. The number of methoxy groups -OCH3 is 2. The molecule has 34 heavy (non-hydrogen) atoms. The van der Waals surface area contributed by atoms with Crippen LogP contribution in [-0.2, 0) is 23.5 Å². The molecule has 0 bridgehead atoms. The molecule has 3 atom stereocenters. The average molecular weight is 485 g/mol. The van der Waals surface area contributed by atoms with Gasteiger partial charge in [0.25, 0.3) is 8.32 Å². The number of benzene rings is 1. The summed E-state index contributed by atoms with van der Waals surface area (Å²) in [6.07, 6.45) is 5.85. The second kappa shape index (κ2) is 9.37. The Hall–Kier alpha value is -2.34. The Morgan fingerprint density at radius 2 is 1.35 bits per heavy atom. The van der Waals surface area contributed by atoms with Crippen molar-refractivity contribution >= 4 is 20.3 Å². The molecule has 1 unspecified atom stereocenters. The van der Waals surface area contributed by atoms with E-state index in [4.69, 9.17) is 13.9 Å². The summed E-state index contributed by atoms with van der Waals surface area (Å²) in [5.41, 5.74) is 0.0130. The zero-order valence-corrected chi connectivity index (χ0v) is 23.0. The summed E-state index contributed by atoms with van der Waals surface area (Å²) < 4.78 is 17.6. The van der Waals surface area contributed by atoms with Crippen LogP contribution in [0.3, 0.4) is 0 Å². The molecule has 0 saturated heterocycles. The van der Waals surface area contributed by atoms with E-state index >= 15 is 0 Å². The monoisotopic (exact) mass is 484 g/mol. The number of rotatable bonds is 8. The Morgan fingerprint density at radius 3 is 1.79 bits per heavy atom. The first-order valence-electron chi connectivity index (χ1n) is 12.3. The molecular formula is C28H40O5Si. The van der Waals surface area contributed by atoms with Gasteiger partial charge in [-0.2, -0.15) is 0 Å². The normalized spacial score (nSPS) is 25.5. The van der Waals surface area contributed by atoms with Gasteiger partial charge in [0.2, 0.25) is 0 Å². The Labute approximate surface area is 205 Å². The lowest BCUT2D eigenvalue weighted by atomic mass is 9.65. The minimum Gasteiger partial charge on any atom is -0.546 e. The molecule has 2 aliphatic carbocycles. The zero-order valence-electron chi connectivity index (χ0n) is 22.0. The van der Waals surface area contributed by atoms with Crippen molar-refractivity contribution < 1.29 is 23.5 Å².